The fourth-order valence-electron chi connectivity index (χ4n) is 5.36. The van der Waals surface area contributed by atoms with Crippen LogP contribution in [-0.2, 0) is 14.8 Å². The Labute approximate surface area is 261 Å². The van der Waals surface area contributed by atoms with Crippen molar-refractivity contribution in [2.75, 3.05) is 53.5 Å². The molecule has 1 amide bonds. The van der Waals surface area contributed by atoms with E-state index in [2.05, 4.69) is 44.3 Å². The van der Waals surface area contributed by atoms with Gasteiger partial charge in [-0.25, -0.2) is 8.42 Å². The summed E-state index contributed by atoms with van der Waals surface area (Å²) < 4.78 is 28.4. The van der Waals surface area contributed by atoms with Crippen molar-refractivity contribution in [1.29, 1.82) is 5.26 Å². The lowest BCUT2D eigenvalue weighted by atomic mass is 9.99. The Kier molecular flexibility index (Phi) is 8.08. The van der Waals surface area contributed by atoms with Gasteiger partial charge in [-0.15, -0.1) is 0 Å². The van der Waals surface area contributed by atoms with Crippen molar-refractivity contribution in [3.8, 4) is 6.07 Å². The first kappa shape index (κ1) is 29.6. The molecule has 0 radical (unpaired) electrons. The summed E-state index contributed by atoms with van der Waals surface area (Å²) in [6.45, 7) is 4.03. The van der Waals surface area contributed by atoms with Crippen LogP contribution >= 0.6 is 0 Å². The summed E-state index contributed by atoms with van der Waals surface area (Å²) in [5, 5.41) is 15.3. The van der Waals surface area contributed by atoms with Gasteiger partial charge >= 0.3 is 0 Å². The van der Waals surface area contributed by atoms with Crippen molar-refractivity contribution in [3.05, 3.63) is 119 Å². The number of hydrogen-bond donors (Lipinski definition) is 3. The fraction of sp³-hybridized carbons (Fsp3) is 0.147. The SMILES string of the molecule is CN1CCN(c2ccc(NC=C3C(=O)Nc4cc(C(=O)c5cccc(NS(=O)(=O)c6ccccc6C#N)c5)ccc43)cc2)CC1. The number of piperazine rings is 1. The van der Waals surface area contributed by atoms with Crippen LogP contribution in [0.15, 0.2) is 102 Å². The number of ketones is 1. The predicted octanol–water partition coefficient (Wildman–Crippen LogP) is 4.75. The van der Waals surface area contributed by atoms with E-state index in [-0.39, 0.29) is 33.4 Å². The monoisotopic (exact) mass is 618 g/mol. The molecule has 0 aromatic heterocycles. The van der Waals surface area contributed by atoms with Gasteiger partial charge in [-0.2, -0.15) is 5.26 Å². The highest BCUT2D eigenvalue weighted by Gasteiger charge is 2.26. The Bertz CT molecular complexity index is 1970. The van der Waals surface area contributed by atoms with Crippen LogP contribution in [0, 0.1) is 11.3 Å². The number of nitrogens with zero attached hydrogens (tertiary/aromatic N) is 3. The largest absolute Gasteiger partial charge is 0.369 e. The van der Waals surface area contributed by atoms with Gasteiger partial charge in [-0.3, -0.25) is 14.3 Å². The standard InChI is InChI=1S/C34H30N6O4S/c1-39-15-17-40(18-16-39)28-12-10-26(11-13-28)36-22-30-29-14-9-24(20-31(29)37-34(30)42)33(41)23-6-4-7-27(19-23)38-45(43,44)32-8-3-2-5-25(32)21-35/h2-14,19-20,22,36,38H,15-18H2,1H3,(H,37,42). The number of rotatable bonds is 8. The second-order valence-electron chi connectivity index (χ2n) is 10.9. The molecule has 0 aliphatic carbocycles. The van der Waals surface area contributed by atoms with Crippen LogP contribution in [0.2, 0.25) is 0 Å². The van der Waals surface area contributed by atoms with Crippen molar-refractivity contribution in [2.24, 2.45) is 0 Å². The van der Waals surface area contributed by atoms with Gasteiger partial charge in [0.15, 0.2) is 5.78 Å². The van der Waals surface area contributed by atoms with E-state index in [9.17, 15) is 23.3 Å². The number of anilines is 4. The van der Waals surface area contributed by atoms with Gasteiger partial charge in [-0.1, -0.05) is 36.4 Å². The third-order valence-electron chi connectivity index (χ3n) is 7.86. The maximum absolute atomic E-state index is 13.4. The summed E-state index contributed by atoms with van der Waals surface area (Å²) in [5.74, 6) is -0.633. The number of fused-ring (bicyclic) bond motifs is 1. The van der Waals surface area contributed by atoms with Crippen molar-refractivity contribution < 1.29 is 18.0 Å². The molecular weight excluding hydrogens is 588 g/mol. The van der Waals surface area contributed by atoms with E-state index in [1.54, 1.807) is 42.6 Å². The molecule has 6 rings (SSSR count). The topological polar surface area (TPSA) is 135 Å². The molecule has 2 aliphatic rings. The van der Waals surface area contributed by atoms with Crippen LogP contribution in [0.3, 0.4) is 0 Å². The van der Waals surface area contributed by atoms with E-state index in [0.29, 0.717) is 22.4 Å². The summed E-state index contributed by atoms with van der Waals surface area (Å²) in [6.07, 6.45) is 1.66. The van der Waals surface area contributed by atoms with Crippen molar-refractivity contribution in [1.82, 2.24) is 4.90 Å². The van der Waals surface area contributed by atoms with Gasteiger partial charge in [0.2, 0.25) is 0 Å². The molecule has 2 aliphatic heterocycles. The Balaban J connectivity index is 1.16. The first-order valence-electron chi connectivity index (χ1n) is 14.3. The van der Waals surface area contributed by atoms with Gasteiger partial charge in [0.25, 0.3) is 15.9 Å². The maximum atomic E-state index is 13.4. The van der Waals surface area contributed by atoms with Gasteiger partial charge in [0.05, 0.1) is 11.1 Å². The minimum absolute atomic E-state index is 0.0140. The van der Waals surface area contributed by atoms with Crippen molar-refractivity contribution >= 4 is 50.0 Å². The third kappa shape index (κ3) is 6.28. The minimum Gasteiger partial charge on any atom is -0.369 e. The second kappa shape index (κ2) is 12.3. The fourth-order valence-corrected chi connectivity index (χ4v) is 6.57. The normalized spacial score (nSPS) is 15.7. The number of benzene rings is 4. The quantitative estimate of drug-likeness (QED) is 0.190. The van der Waals surface area contributed by atoms with E-state index in [4.69, 9.17) is 0 Å². The number of hydrogen-bond acceptors (Lipinski definition) is 8. The number of nitriles is 1. The summed E-state index contributed by atoms with van der Waals surface area (Å²) in [6, 6.07) is 26.9. The third-order valence-corrected chi connectivity index (χ3v) is 9.30. The van der Waals surface area contributed by atoms with Gasteiger partial charge in [0.1, 0.15) is 11.0 Å². The number of nitrogens with one attached hydrogen (secondary N) is 3. The van der Waals surface area contributed by atoms with Crippen LogP contribution in [0.5, 0.6) is 0 Å². The number of carbonyl (C=O) groups is 2. The molecule has 45 heavy (non-hydrogen) atoms. The molecule has 3 N–H and O–H groups in total. The zero-order valence-corrected chi connectivity index (χ0v) is 25.3. The predicted molar refractivity (Wildman–Crippen MR) is 175 cm³/mol. The van der Waals surface area contributed by atoms with Crippen LogP contribution in [0.25, 0.3) is 5.57 Å². The number of sulfonamides is 1. The highest BCUT2D eigenvalue weighted by molar-refractivity contribution is 7.92. The van der Waals surface area contributed by atoms with Crippen molar-refractivity contribution in [2.45, 2.75) is 4.90 Å². The molecule has 2 heterocycles. The van der Waals surface area contributed by atoms with Gasteiger partial charge < -0.3 is 20.4 Å². The molecule has 10 nitrogen and oxygen atoms in total. The lowest BCUT2D eigenvalue weighted by molar-refractivity contribution is -0.110. The summed E-state index contributed by atoms with van der Waals surface area (Å²) >= 11 is 0. The molecule has 1 fully saturated rings. The van der Waals surface area contributed by atoms with E-state index in [1.165, 1.54) is 30.3 Å². The van der Waals surface area contributed by atoms with E-state index < -0.39 is 10.0 Å². The molecule has 4 aromatic rings. The van der Waals surface area contributed by atoms with Crippen LogP contribution < -0.4 is 20.3 Å². The number of carbonyl (C=O) groups excluding carboxylic acids is 2. The van der Waals surface area contributed by atoms with E-state index in [0.717, 1.165) is 37.6 Å². The van der Waals surface area contributed by atoms with E-state index >= 15 is 0 Å². The summed E-state index contributed by atoms with van der Waals surface area (Å²) in [4.78, 5) is 30.7. The zero-order chi connectivity index (χ0) is 31.6. The lowest BCUT2D eigenvalue weighted by Crippen LogP contribution is -2.44. The molecule has 0 atom stereocenters. The highest BCUT2D eigenvalue weighted by Crippen LogP contribution is 2.33. The molecule has 0 unspecified atom stereocenters. The molecule has 0 spiro atoms. The Morgan fingerprint density at radius 2 is 1.62 bits per heavy atom. The maximum Gasteiger partial charge on any atom is 0.263 e. The first-order chi connectivity index (χ1) is 21.7. The summed E-state index contributed by atoms with van der Waals surface area (Å²) in [7, 11) is -1.94. The smallest absolute Gasteiger partial charge is 0.263 e. The van der Waals surface area contributed by atoms with Crippen LogP contribution in [0.4, 0.5) is 22.7 Å². The number of amides is 1. The lowest BCUT2D eigenvalue weighted by Gasteiger charge is -2.34. The molecule has 4 aromatic carbocycles. The zero-order valence-electron chi connectivity index (χ0n) is 24.4. The molecule has 1 saturated heterocycles. The van der Waals surface area contributed by atoms with E-state index in [1.807, 2.05) is 18.2 Å². The Morgan fingerprint density at radius 1 is 0.889 bits per heavy atom. The van der Waals surface area contributed by atoms with Crippen LogP contribution in [0.1, 0.15) is 27.0 Å². The van der Waals surface area contributed by atoms with Crippen molar-refractivity contribution in [3.63, 3.8) is 0 Å². The summed E-state index contributed by atoms with van der Waals surface area (Å²) in [5.41, 5.74) is 4.40. The second-order valence-corrected chi connectivity index (χ2v) is 12.5. The molecule has 226 valence electrons. The van der Waals surface area contributed by atoms with Crippen LogP contribution in [-0.4, -0.2) is 58.2 Å². The molecule has 11 heteroatoms. The van der Waals surface area contributed by atoms with Gasteiger partial charge in [0, 0.05) is 71.8 Å². The highest BCUT2D eigenvalue weighted by atomic mass is 32.2. The molecule has 0 bridgehead atoms. The first-order valence-corrected chi connectivity index (χ1v) is 15.8. The average molecular weight is 619 g/mol. The Hall–Kier alpha value is -5.44. The molecule has 0 saturated carbocycles. The van der Waals surface area contributed by atoms with Gasteiger partial charge in [-0.05, 0) is 61.6 Å². The average Bonchev–Trinajstić information content (AvgIpc) is 3.37. The Morgan fingerprint density at radius 3 is 2.38 bits per heavy atom. The minimum atomic E-state index is -4.07. The molecular formula is C34H30N6O4S. The number of likely N-dealkylation sites (N-methyl/N-ethyl adjacent to an activating group) is 1.